The summed E-state index contributed by atoms with van der Waals surface area (Å²) in [7, 11) is -3.72. The number of hydrogen-bond donors (Lipinski definition) is 0. The van der Waals surface area contributed by atoms with Gasteiger partial charge < -0.3 is 14.5 Å². The van der Waals surface area contributed by atoms with Crippen molar-refractivity contribution in [3.8, 4) is 0 Å². The molecule has 35 heavy (non-hydrogen) atoms. The number of carbonyl (C=O) groups is 2. The van der Waals surface area contributed by atoms with Crippen LogP contribution < -0.4 is 9.80 Å². The molecule has 2 heterocycles. The minimum absolute atomic E-state index is 0.0704. The number of hydrogen-bond acceptors (Lipinski definition) is 6. The van der Waals surface area contributed by atoms with Gasteiger partial charge in [-0.15, -0.1) is 0 Å². The van der Waals surface area contributed by atoms with Crippen molar-refractivity contribution in [1.29, 1.82) is 0 Å². The molecular formula is C26H33N3O5S. The van der Waals surface area contributed by atoms with Crippen LogP contribution in [0.5, 0.6) is 0 Å². The summed E-state index contributed by atoms with van der Waals surface area (Å²) in [5, 5.41) is 0. The number of anilines is 2. The Bertz CT molecular complexity index is 1250. The average molecular weight is 500 g/mol. The lowest BCUT2D eigenvalue weighted by Gasteiger charge is -2.37. The maximum atomic E-state index is 13.4. The van der Waals surface area contributed by atoms with Crippen LogP contribution in [0.25, 0.3) is 0 Å². The Kier molecular flexibility index (Phi) is 6.81. The molecule has 0 saturated carbocycles. The molecule has 9 heteroatoms. The van der Waals surface area contributed by atoms with Crippen LogP contribution in [0, 0.1) is 19.8 Å². The number of ether oxygens (including phenoxy) is 1. The summed E-state index contributed by atoms with van der Waals surface area (Å²) < 4.78 is 30.6. The average Bonchev–Trinajstić information content (AvgIpc) is 3.19. The van der Waals surface area contributed by atoms with Crippen LogP contribution in [0.3, 0.4) is 0 Å². The first-order chi connectivity index (χ1) is 16.5. The molecule has 2 amide bonds. The molecule has 4 rings (SSSR count). The molecule has 0 aromatic heterocycles. The molecule has 0 radical (unpaired) electrons. The van der Waals surface area contributed by atoms with Gasteiger partial charge in [-0.3, -0.25) is 9.69 Å². The summed E-state index contributed by atoms with van der Waals surface area (Å²) >= 11 is 0. The highest BCUT2D eigenvalue weighted by Gasteiger charge is 2.37. The Morgan fingerprint density at radius 3 is 2.31 bits per heavy atom. The highest BCUT2D eigenvalue weighted by molar-refractivity contribution is 7.90. The molecule has 8 nitrogen and oxygen atoms in total. The lowest BCUT2D eigenvalue weighted by atomic mass is 10.0. The molecule has 2 aliphatic rings. The molecule has 2 saturated heterocycles. The van der Waals surface area contributed by atoms with Crippen LogP contribution in [0.4, 0.5) is 16.2 Å². The summed E-state index contributed by atoms with van der Waals surface area (Å²) in [6.07, 6.45) is 0.577. The van der Waals surface area contributed by atoms with E-state index < -0.39 is 15.9 Å². The molecule has 2 aliphatic heterocycles. The van der Waals surface area contributed by atoms with Crippen LogP contribution >= 0.6 is 0 Å². The summed E-state index contributed by atoms with van der Waals surface area (Å²) in [5.41, 5.74) is 4.10. The van der Waals surface area contributed by atoms with Crippen molar-refractivity contribution in [3.05, 3.63) is 53.1 Å². The number of piperazine rings is 1. The van der Waals surface area contributed by atoms with E-state index >= 15 is 0 Å². The van der Waals surface area contributed by atoms with Gasteiger partial charge >= 0.3 is 6.09 Å². The maximum absolute atomic E-state index is 13.4. The Balaban J connectivity index is 1.58. The van der Waals surface area contributed by atoms with E-state index in [-0.39, 0.29) is 34.9 Å². The Morgan fingerprint density at radius 2 is 1.71 bits per heavy atom. The molecule has 1 atom stereocenters. The van der Waals surface area contributed by atoms with Crippen molar-refractivity contribution in [2.45, 2.75) is 38.6 Å². The minimum atomic E-state index is -3.72. The number of sulfone groups is 1. The SMILES string of the molecule is Cc1ccc(N2CCN(C(=O)c3ccc(N4C(=O)OC[C@H]4C(C)C)cc3S(C)(=O)=O)CC2)c(C)c1. The smallest absolute Gasteiger partial charge is 0.414 e. The summed E-state index contributed by atoms with van der Waals surface area (Å²) in [5.74, 6) is -0.195. The van der Waals surface area contributed by atoms with E-state index in [2.05, 4.69) is 36.9 Å². The number of nitrogens with zero attached hydrogens (tertiary/aromatic N) is 3. The number of cyclic esters (lactones) is 1. The van der Waals surface area contributed by atoms with E-state index in [1.165, 1.54) is 28.2 Å². The largest absolute Gasteiger partial charge is 0.447 e. The molecular weight excluding hydrogens is 466 g/mol. The van der Waals surface area contributed by atoms with Gasteiger partial charge in [-0.1, -0.05) is 31.5 Å². The summed E-state index contributed by atoms with van der Waals surface area (Å²) in [6.45, 7) is 10.7. The van der Waals surface area contributed by atoms with Crippen molar-refractivity contribution in [2.24, 2.45) is 5.92 Å². The minimum Gasteiger partial charge on any atom is -0.447 e. The van der Waals surface area contributed by atoms with Gasteiger partial charge in [0.1, 0.15) is 6.61 Å². The van der Waals surface area contributed by atoms with Gasteiger partial charge in [-0.2, -0.15) is 0 Å². The molecule has 0 aliphatic carbocycles. The first-order valence-corrected chi connectivity index (χ1v) is 13.8. The molecule has 0 unspecified atom stereocenters. The summed E-state index contributed by atoms with van der Waals surface area (Å²) in [6, 6.07) is 10.7. The van der Waals surface area contributed by atoms with Crippen molar-refractivity contribution < 1.29 is 22.7 Å². The zero-order valence-corrected chi connectivity index (χ0v) is 21.8. The third-order valence-corrected chi connectivity index (χ3v) is 7.95. The molecule has 2 aromatic rings. The van der Waals surface area contributed by atoms with Crippen molar-refractivity contribution in [2.75, 3.05) is 48.8 Å². The third kappa shape index (κ3) is 5.00. The van der Waals surface area contributed by atoms with E-state index in [4.69, 9.17) is 4.74 Å². The standard InChI is InChI=1S/C26H33N3O5S/c1-17(2)23-16-34-26(31)29(23)20-7-8-21(24(15-20)35(5,32)33)25(30)28-12-10-27(11-13-28)22-9-6-18(3)14-19(22)4/h6-9,14-15,17,23H,10-13,16H2,1-5H3/t23-/m0/s1. The van der Waals surface area contributed by atoms with Crippen molar-refractivity contribution in [1.82, 2.24) is 4.90 Å². The second-order valence-electron chi connectivity index (χ2n) is 9.78. The third-order valence-electron chi connectivity index (χ3n) is 6.81. The molecule has 2 aromatic carbocycles. The van der Waals surface area contributed by atoms with Crippen LogP contribution in [0.1, 0.15) is 35.3 Å². The molecule has 0 N–H and O–H groups in total. The normalized spacial score (nSPS) is 18.9. The summed E-state index contributed by atoms with van der Waals surface area (Å²) in [4.78, 5) is 31.2. The van der Waals surface area contributed by atoms with Gasteiger partial charge in [0, 0.05) is 43.8 Å². The topological polar surface area (TPSA) is 87.2 Å². The van der Waals surface area contributed by atoms with E-state index in [0.29, 0.717) is 31.9 Å². The lowest BCUT2D eigenvalue weighted by molar-refractivity contribution is 0.0743. The monoisotopic (exact) mass is 499 g/mol. The predicted octanol–water partition coefficient (Wildman–Crippen LogP) is 3.65. The van der Waals surface area contributed by atoms with Crippen LogP contribution in [-0.4, -0.2) is 70.4 Å². The first kappa shape index (κ1) is 25.0. The highest BCUT2D eigenvalue weighted by Crippen LogP contribution is 2.31. The molecule has 0 bridgehead atoms. The fraction of sp³-hybridized carbons (Fsp3) is 0.462. The van der Waals surface area contributed by atoms with Crippen molar-refractivity contribution >= 4 is 33.2 Å². The van der Waals surface area contributed by atoms with E-state index in [0.717, 1.165) is 11.9 Å². The number of amides is 2. The molecule has 188 valence electrons. The van der Waals surface area contributed by atoms with Gasteiger partial charge in [-0.05, 0) is 49.6 Å². The number of carbonyl (C=O) groups excluding carboxylic acids is 2. The highest BCUT2D eigenvalue weighted by atomic mass is 32.2. The fourth-order valence-corrected chi connectivity index (χ4v) is 5.74. The van der Waals surface area contributed by atoms with Gasteiger partial charge in [0.05, 0.1) is 16.5 Å². The fourth-order valence-electron chi connectivity index (χ4n) is 4.85. The van der Waals surface area contributed by atoms with E-state index in [1.54, 1.807) is 11.0 Å². The van der Waals surface area contributed by atoms with Crippen molar-refractivity contribution in [3.63, 3.8) is 0 Å². The van der Waals surface area contributed by atoms with Crippen LogP contribution in [0.2, 0.25) is 0 Å². The van der Waals surface area contributed by atoms with Gasteiger partial charge in [0.2, 0.25) is 0 Å². The van der Waals surface area contributed by atoms with Gasteiger partial charge in [0.15, 0.2) is 9.84 Å². The zero-order valence-electron chi connectivity index (χ0n) is 20.9. The maximum Gasteiger partial charge on any atom is 0.414 e. The lowest BCUT2D eigenvalue weighted by Crippen LogP contribution is -2.49. The molecule has 0 spiro atoms. The first-order valence-electron chi connectivity index (χ1n) is 11.9. The number of aryl methyl sites for hydroxylation is 2. The predicted molar refractivity (Wildman–Crippen MR) is 136 cm³/mol. The number of rotatable bonds is 5. The van der Waals surface area contributed by atoms with E-state index in [1.807, 2.05) is 13.8 Å². The second kappa shape index (κ2) is 9.53. The van der Waals surface area contributed by atoms with Gasteiger partial charge in [-0.25, -0.2) is 13.2 Å². The second-order valence-corrected chi connectivity index (χ2v) is 11.8. The molecule has 2 fully saturated rings. The van der Waals surface area contributed by atoms with Crippen LogP contribution in [0.15, 0.2) is 41.3 Å². The quantitative estimate of drug-likeness (QED) is 0.624. The zero-order chi connectivity index (χ0) is 25.5. The Labute approximate surface area is 207 Å². The van der Waals surface area contributed by atoms with Crippen LogP contribution in [-0.2, 0) is 14.6 Å². The van der Waals surface area contributed by atoms with E-state index in [9.17, 15) is 18.0 Å². The Hall–Kier alpha value is -3.07. The van der Waals surface area contributed by atoms with Gasteiger partial charge in [0.25, 0.3) is 5.91 Å². The Morgan fingerprint density at radius 1 is 1.03 bits per heavy atom. The number of benzene rings is 2.